The van der Waals surface area contributed by atoms with Gasteiger partial charge in [0.05, 0.1) is 6.61 Å². The number of carbonyl (C=O) groups is 2. The van der Waals surface area contributed by atoms with E-state index in [0.29, 0.717) is 5.69 Å². The van der Waals surface area contributed by atoms with E-state index in [-0.39, 0.29) is 29.9 Å². The highest BCUT2D eigenvalue weighted by molar-refractivity contribution is 6.00. The van der Waals surface area contributed by atoms with E-state index in [1.54, 1.807) is 13.8 Å². The molecule has 20 heavy (non-hydrogen) atoms. The molecule has 0 aliphatic carbocycles. The molecule has 2 rings (SSSR count). The zero-order valence-electron chi connectivity index (χ0n) is 11.1. The Kier molecular flexibility index (Phi) is 3.83. The van der Waals surface area contributed by atoms with Gasteiger partial charge in [0.1, 0.15) is 12.1 Å². The van der Waals surface area contributed by atoms with E-state index in [0.717, 1.165) is 4.52 Å². The van der Waals surface area contributed by atoms with Gasteiger partial charge in [-0.05, 0) is 13.8 Å². The van der Waals surface area contributed by atoms with Crippen molar-refractivity contribution in [3.8, 4) is 0 Å². The molecule has 0 unspecified atom stereocenters. The molecule has 1 amide bonds. The number of esters is 1. The number of ether oxygens (including phenoxy) is 1. The molecular weight excluding hydrogens is 264 g/mol. The Balaban J connectivity index is 2.23. The minimum absolute atomic E-state index is 0.190. The van der Waals surface area contributed by atoms with Crippen molar-refractivity contribution < 1.29 is 14.3 Å². The highest BCUT2D eigenvalue weighted by atomic mass is 16.5. The van der Waals surface area contributed by atoms with Gasteiger partial charge in [0.25, 0.3) is 11.5 Å². The van der Waals surface area contributed by atoms with Gasteiger partial charge >= 0.3 is 5.97 Å². The number of fused-ring (bicyclic) bond motifs is 1. The summed E-state index contributed by atoms with van der Waals surface area (Å²) in [5.41, 5.74) is 0.609. The second-order valence-electron chi connectivity index (χ2n) is 4.07. The molecule has 2 heterocycles. The van der Waals surface area contributed by atoms with E-state index in [4.69, 9.17) is 4.74 Å². The summed E-state index contributed by atoms with van der Waals surface area (Å²) in [4.78, 5) is 38.9. The molecule has 2 aromatic heterocycles. The lowest BCUT2D eigenvalue weighted by Gasteiger charge is -2.03. The minimum atomic E-state index is -0.526. The van der Waals surface area contributed by atoms with Crippen LogP contribution >= 0.6 is 0 Å². The first kappa shape index (κ1) is 13.8. The molecule has 0 saturated carbocycles. The third-order valence-corrected chi connectivity index (χ3v) is 2.57. The molecule has 0 radical (unpaired) electrons. The molecule has 106 valence electrons. The van der Waals surface area contributed by atoms with E-state index >= 15 is 0 Å². The molecule has 0 atom stereocenters. The van der Waals surface area contributed by atoms with Gasteiger partial charge in [0.2, 0.25) is 0 Å². The van der Waals surface area contributed by atoms with Crippen LogP contribution in [0, 0.1) is 6.92 Å². The molecule has 8 nitrogen and oxygen atoms in total. The molecule has 0 bridgehead atoms. The topological polar surface area (TPSA) is 106 Å². The van der Waals surface area contributed by atoms with Crippen molar-refractivity contribution in [2.75, 3.05) is 13.2 Å². The first-order chi connectivity index (χ1) is 9.52. The third kappa shape index (κ3) is 2.68. The molecule has 0 aromatic carbocycles. The van der Waals surface area contributed by atoms with Crippen LogP contribution < -0.4 is 10.9 Å². The Morgan fingerprint density at radius 3 is 2.95 bits per heavy atom. The lowest BCUT2D eigenvalue weighted by atomic mass is 10.3. The summed E-state index contributed by atoms with van der Waals surface area (Å²) in [6, 6.07) is 1.35. The maximum Gasteiger partial charge on any atom is 0.325 e. The van der Waals surface area contributed by atoms with Crippen molar-refractivity contribution in [2.24, 2.45) is 0 Å². The monoisotopic (exact) mass is 278 g/mol. The number of aromatic amines is 1. The van der Waals surface area contributed by atoms with Gasteiger partial charge in [-0.3, -0.25) is 19.5 Å². The molecule has 2 N–H and O–H groups in total. The number of hydrogen-bond acceptors (Lipinski definition) is 5. The molecular formula is C12H14N4O4. The zero-order chi connectivity index (χ0) is 14.7. The van der Waals surface area contributed by atoms with Crippen molar-refractivity contribution in [1.82, 2.24) is 19.9 Å². The lowest BCUT2D eigenvalue weighted by molar-refractivity contribution is -0.141. The number of carbonyl (C=O) groups excluding carboxylic acids is 2. The largest absolute Gasteiger partial charge is 0.465 e. The van der Waals surface area contributed by atoms with Gasteiger partial charge in [-0.2, -0.15) is 0 Å². The van der Waals surface area contributed by atoms with Crippen LogP contribution in [-0.2, 0) is 9.53 Å². The van der Waals surface area contributed by atoms with Gasteiger partial charge in [-0.15, -0.1) is 0 Å². The Morgan fingerprint density at radius 1 is 1.50 bits per heavy atom. The van der Waals surface area contributed by atoms with Crippen LogP contribution in [0.1, 0.15) is 23.0 Å². The zero-order valence-corrected chi connectivity index (χ0v) is 11.1. The van der Waals surface area contributed by atoms with E-state index in [9.17, 15) is 14.4 Å². The van der Waals surface area contributed by atoms with E-state index in [2.05, 4.69) is 15.4 Å². The second kappa shape index (κ2) is 5.55. The molecule has 2 aromatic rings. The van der Waals surface area contributed by atoms with E-state index in [1.807, 2.05) is 0 Å². The molecule has 8 heteroatoms. The number of hydrogen-bond donors (Lipinski definition) is 2. The van der Waals surface area contributed by atoms with Crippen LogP contribution in [0.25, 0.3) is 5.65 Å². The van der Waals surface area contributed by atoms with Gasteiger partial charge < -0.3 is 10.1 Å². The summed E-state index contributed by atoms with van der Waals surface area (Å²) >= 11 is 0. The van der Waals surface area contributed by atoms with Crippen LogP contribution in [0.15, 0.2) is 17.1 Å². The summed E-state index contributed by atoms with van der Waals surface area (Å²) in [6.45, 7) is 3.35. The Labute approximate surface area is 113 Å². The minimum Gasteiger partial charge on any atom is -0.465 e. The summed E-state index contributed by atoms with van der Waals surface area (Å²) in [5.74, 6) is -1.03. The van der Waals surface area contributed by atoms with Crippen LogP contribution in [-0.4, -0.2) is 39.6 Å². The fraction of sp³-hybridized carbons (Fsp3) is 0.333. The molecule has 0 saturated heterocycles. The average molecular weight is 278 g/mol. The second-order valence-corrected chi connectivity index (χ2v) is 4.07. The van der Waals surface area contributed by atoms with Gasteiger partial charge in [0.15, 0.2) is 5.65 Å². The number of rotatable bonds is 4. The number of aryl methyl sites for hydroxylation is 1. The third-order valence-electron chi connectivity index (χ3n) is 2.57. The van der Waals surface area contributed by atoms with Crippen LogP contribution in [0.5, 0.6) is 0 Å². The van der Waals surface area contributed by atoms with Crippen LogP contribution in [0.4, 0.5) is 0 Å². The van der Waals surface area contributed by atoms with E-state index in [1.165, 1.54) is 12.3 Å². The number of amides is 1. The van der Waals surface area contributed by atoms with Crippen molar-refractivity contribution in [3.05, 3.63) is 33.9 Å². The Hall–Kier alpha value is -2.64. The molecule has 0 aliphatic rings. The highest BCUT2D eigenvalue weighted by Crippen LogP contribution is 2.06. The van der Waals surface area contributed by atoms with Crippen LogP contribution in [0.2, 0.25) is 0 Å². The highest BCUT2D eigenvalue weighted by Gasteiger charge is 2.15. The fourth-order valence-electron chi connectivity index (χ4n) is 1.72. The Morgan fingerprint density at radius 2 is 2.25 bits per heavy atom. The van der Waals surface area contributed by atoms with Crippen molar-refractivity contribution >= 4 is 17.5 Å². The Bertz CT molecular complexity index is 716. The van der Waals surface area contributed by atoms with Gasteiger partial charge in [0, 0.05) is 18.0 Å². The predicted molar refractivity (Wildman–Crippen MR) is 69.5 cm³/mol. The summed E-state index contributed by atoms with van der Waals surface area (Å²) in [7, 11) is 0. The smallest absolute Gasteiger partial charge is 0.325 e. The summed E-state index contributed by atoms with van der Waals surface area (Å²) < 4.78 is 5.86. The first-order valence-electron chi connectivity index (χ1n) is 6.04. The standard InChI is InChI=1S/C12H14N4O4/c1-3-20-10(18)6-13-12(19)8-5-14-16-9(17)4-7(2)15-11(8)16/h4-5,14H,3,6H2,1-2H3,(H,13,19). The summed E-state index contributed by atoms with van der Waals surface area (Å²) in [6.07, 6.45) is 1.36. The lowest BCUT2D eigenvalue weighted by Crippen LogP contribution is -2.30. The first-order valence-corrected chi connectivity index (χ1v) is 6.04. The fourth-order valence-corrected chi connectivity index (χ4v) is 1.72. The molecule has 0 fully saturated rings. The van der Waals surface area contributed by atoms with Crippen molar-refractivity contribution in [1.29, 1.82) is 0 Å². The number of nitrogens with zero attached hydrogens (tertiary/aromatic N) is 2. The SMILES string of the molecule is CCOC(=O)CNC(=O)c1c[nH]n2c(=O)cc(C)nc12. The summed E-state index contributed by atoms with van der Waals surface area (Å²) in [5, 5.41) is 5.05. The number of aromatic nitrogens is 3. The predicted octanol–water partition coefficient (Wildman–Crippen LogP) is -0.376. The quantitative estimate of drug-likeness (QED) is 0.742. The average Bonchev–Trinajstić information content (AvgIpc) is 2.80. The van der Waals surface area contributed by atoms with Gasteiger partial charge in [-0.25, -0.2) is 9.50 Å². The normalized spacial score (nSPS) is 10.5. The maximum absolute atomic E-state index is 12.0. The van der Waals surface area contributed by atoms with Crippen LogP contribution in [0.3, 0.4) is 0 Å². The van der Waals surface area contributed by atoms with Crippen molar-refractivity contribution in [2.45, 2.75) is 13.8 Å². The maximum atomic E-state index is 12.0. The molecule has 0 aliphatic heterocycles. The van der Waals surface area contributed by atoms with Crippen molar-refractivity contribution in [3.63, 3.8) is 0 Å². The van der Waals surface area contributed by atoms with Gasteiger partial charge in [-0.1, -0.05) is 0 Å². The number of nitrogens with one attached hydrogen (secondary N) is 2. The number of H-pyrrole nitrogens is 1. The molecule has 0 spiro atoms. The van der Waals surface area contributed by atoms with E-state index < -0.39 is 11.9 Å².